The zero-order chi connectivity index (χ0) is 12.8. The number of nitrogens with two attached hydrogens (primary N) is 1. The van der Waals surface area contributed by atoms with Gasteiger partial charge in [-0.2, -0.15) is 5.26 Å². The normalized spacial score (nSPS) is 9.72. The van der Waals surface area contributed by atoms with Crippen LogP contribution in [0.15, 0.2) is 42.7 Å². The molecule has 0 aliphatic heterocycles. The Bertz CT molecular complexity index is 561. The molecule has 0 saturated heterocycles. The van der Waals surface area contributed by atoms with Crippen LogP contribution in [0.1, 0.15) is 11.1 Å². The van der Waals surface area contributed by atoms with E-state index in [-0.39, 0.29) is 0 Å². The fourth-order valence-electron chi connectivity index (χ4n) is 1.59. The Morgan fingerprint density at radius 1 is 1.33 bits per heavy atom. The van der Waals surface area contributed by atoms with Gasteiger partial charge in [-0.05, 0) is 29.8 Å². The van der Waals surface area contributed by atoms with Gasteiger partial charge in [-0.25, -0.2) is 0 Å². The molecule has 2 N–H and O–H groups in total. The van der Waals surface area contributed by atoms with Crippen molar-refractivity contribution in [2.24, 2.45) is 0 Å². The van der Waals surface area contributed by atoms with Crippen LogP contribution in [0, 0.1) is 11.3 Å². The highest BCUT2D eigenvalue weighted by Crippen LogP contribution is 2.20. The zero-order valence-corrected chi connectivity index (χ0v) is 9.84. The van der Waals surface area contributed by atoms with Crippen molar-refractivity contribution in [1.82, 2.24) is 4.98 Å². The molecular formula is C14H13N3O. The van der Waals surface area contributed by atoms with E-state index >= 15 is 0 Å². The Kier molecular flexibility index (Phi) is 3.77. The number of nitrogens with zero attached hydrogens (tertiary/aromatic N) is 2. The summed E-state index contributed by atoms with van der Waals surface area (Å²) in [6, 6.07) is 11.0. The zero-order valence-electron chi connectivity index (χ0n) is 9.84. The number of hydrogen-bond acceptors (Lipinski definition) is 4. The second kappa shape index (κ2) is 5.69. The van der Waals surface area contributed by atoms with Gasteiger partial charge < -0.3 is 10.5 Å². The molecule has 0 atom stereocenters. The lowest BCUT2D eigenvalue weighted by atomic mass is 10.2. The first-order chi connectivity index (χ1) is 8.79. The van der Waals surface area contributed by atoms with Crippen LogP contribution in [0.25, 0.3) is 0 Å². The van der Waals surface area contributed by atoms with E-state index in [0.717, 1.165) is 12.0 Å². The first-order valence-electron chi connectivity index (χ1n) is 5.61. The summed E-state index contributed by atoms with van der Waals surface area (Å²) in [7, 11) is 0. The summed E-state index contributed by atoms with van der Waals surface area (Å²) in [6.45, 7) is 0.504. The van der Waals surface area contributed by atoms with Gasteiger partial charge in [0.05, 0.1) is 12.2 Å². The molecule has 4 nitrogen and oxygen atoms in total. The van der Waals surface area contributed by atoms with Gasteiger partial charge in [0.2, 0.25) is 0 Å². The summed E-state index contributed by atoms with van der Waals surface area (Å²) in [5.41, 5.74) is 7.73. The maximum Gasteiger partial charge on any atom is 0.137 e. The van der Waals surface area contributed by atoms with Gasteiger partial charge in [-0.3, -0.25) is 4.98 Å². The number of hydrogen-bond donors (Lipinski definition) is 1. The highest BCUT2D eigenvalue weighted by atomic mass is 16.5. The average Bonchev–Trinajstić information content (AvgIpc) is 2.41. The van der Waals surface area contributed by atoms with Crippen LogP contribution in [0.2, 0.25) is 0 Å². The number of aromatic nitrogens is 1. The predicted molar refractivity (Wildman–Crippen MR) is 69.0 cm³/mol. The van der Waals surface area contributed by atoms with E-state index in [1.807, 2.05) is 12.1 Å². The summed E-state index contributed by atoms with van der Waals surface area (Å²) in [5.74, 6) is 0.565. The molecule has 1 heterocycles. The van der Waals surface area contributed by atoms with E-state index in [0.29, 0.717) is 23.6 Å². The SMILES string of the molecule is N#Cc1cc(N)ccc1OCCc1cccnc1. The minimum atomic E-state index is 0.459. The summed E-state index contributed by atoms with van der Waals surface area (Å²) in [5, 5.41) is 8.96. The minimum Gasteiger partial charge on any atom is -0.492 e. The standard InChI is InChI=1S/C14H13N3O/c15-9-12-8-13(16)3-4-14(12)18-7-5-11-2-1-6-17-10-11/h1-4,6,8,10H,5,7,16H2. The summed E-state index contributed by atoms with van der Waals surface area (Å²) < 4.78 is 5.58. The fraction of sp³-hybridized carbons (Fsp3) is 0.143. The molecule has 2 rings (SSSR count). The largest absolute Gasteiger partial charge is 0.492 e. The van der Waals surface area contributed by atoms with Crippen molar-refractivity contribution in [2.75, 3.05) is 12.3 Å². The molecule has 18 heavy (non-hydrogen) atoms. The molecule has 0 aliphatic carbocycles. The molecule has 0 aliphatic rings. The van der Waals surface area contributed by atoms with E-state index in [1.165, 1.54) is 0 Å². The van der Waals surface area contributed by atoms with Crippen LogP contribution in [0.4, 0.5) is 5.69 Å². The van der Waals surface area contributed by atoms with Crippen LogP contribution in [0.3, 0.4) is 0 Å². The summed E-state index contributed by atoms with van der Waals surface area (Å²) in [4.78, 5) is 4.03. The Balaban J connectivity index is 1.97. The highest BCUT2D eigenvalue weighted by Gasteiger charge is 2.03. The Morgan fingerprint density at radius 3 is 2.94 bits per heavy atom. The third-order valence-corrected chi connectivity index (χ3v) is 2.50. The molecular weight excluding hydrogens is 226 g/mol. The number of rotatable bonds is 4. The third kappa shape index (κ3) is 2.98. The van der Waals surface area contributed by atoms with Crippen molar-refractivity contribution in [3.63, 3.8) is 0 Å². The minimum absolute atomic E-state index is 0.459. The van der Waals surface area contributed by atoms with Crippen molar-refractivity contribution in [1.29, 1.82) is 5.26 Å². The molecule has 1 aromatic heterocycles. The lowest BCUT2D eigenvalue weighted by molar-refractivity contribution is 0.321. The van der Waals surface area contributed by atoms with Gasteiger partial charge in [-0.15, -0.1) is 0 Å². The molecule has 90 valence electrons. The second-order valence-corrected chi connectivity index (χ2v) is 3.83. The smallest absolute Gasteiger partial charge is 0.137 e. The van der Waals surface area contributed by atoms with Gasteiger partial charge >= 0.3 is 0 Å². The van der Waals surface area contributed by atoms with Crippen molar-refractivity contribution in [3.8, 4) is 11.8 Å². The number of nitrogen functional groups attached to an aromatic ring is 1. The predicted octanol–water partition coefficient (Wildman–Crippen LogP) is 2.16. The molecule has 0 unspecified atom stereocenters. The average molecular weight is 239 g/mol. The lowest BCUT2D eigenvalue weighted by Gasteiger charge is -2.08. The van der Waals surface area contributed by atoms with Crippen LogP contribution < -0.4 is 10.5 Å². The number of pyridine rings is 1. The number of nitriles is 1. The van der Waals surface area contributed by atoms with Gasteiger partial charge in [0.25, 0.3) is 0 Å². The summed E-state index contributed by atoms with van der Waals surface area (Å²) >= 11 is 0. The molecule has 0 fully saturated rings. The molecule has 0 bridgehead atoms. The quantitative estimate of drug-likeness (QED) is 0.830. The van der Waals surface area contributed by atoms with Gasteiger partial charge in [0, 0.05) is 24.5 Å². The fourth-order valence-corrected chi connectivity index (χ4v) is 1.59. The number of ether oxygens (including phenoxy) is 1. The van der Waals surface area contributed by atoms with Gasteiger partial charge in [0.15, 0.2) is 0 Å². The molecule has 1 aromatic carbocycles. The van der Waals surface area contributed by atoms with Crippen molar-refractivity contribution in [2.45, 2.75) is 6.42 Å². The van der Waals surface area contributed by atoms with Gasteiger partial charge in [-0.1, -0.05) is 6.07 Å². The highest BCUT2D eigenvalue weighted by molar-refractivity contribution is 5.53. The van der Waals surface area contributed by atoms with Crippen molar-refractivity contribution in [3.05, 3.63) is 53.9 Å². The molecule has 2 aromatic rings. The second-order valence-electron chi connectivity index (χ2n) is 3.83. The molecule has 0 radical (unpaired) electrons. The third-order valence-electron chi connectivity index (χ3n) is 2.50. The van der Waals surface area contributed by atoms with Crippen LogP contribution in [0.5, 0.6) is 5.75 Å². The van der Waals surface area contributed by atoms with Crippen molar-refractivity contribution < 1.29 is 4.74 Å². The van der Waals surface area contributed by atoms with E-state index < -0.39 is 0 Å². The van der Waals surface area contributed by atoms with Crippen LogP contribution in [-0.4, -0.2) is 11.6 Å². The maximum atomic E-state index is 8.96. The number of anilines is 1. The van der Waals surface area contributed by atoms with E-state index in [1.54, 1.807) is 30.6 Å². The van der Waals surface area contributed by atoms with Crippen LogP contribution in [-0.2, 0) is 6.42 Å². The molecule has 0 amide bonds. The van der Waals surface area contributed by atoms with E-state index in [9.17, 15) is 0 Å². The first kappa shape index (κ1) is 11.9. The first-order valence-corrected chi connectivity index (χ1v) is 5.61. The van der Waals surface area contributed by atoms with E-state index in [4.69, 9.17) is 15.7 Å². The monoisotopic (exact) mass is 239 g/mol. The Hall–Kier alpha value is -2.54. The Morgan fingerprint density at radius 2 is 2.22 bits per heavy atom. The van der Waals surface area contributed by atoms with E-state index in [2.05, 4.69) is 11.1 Å². The molecule has 0 saturated carbocycles. The van der Waals surface area contributed by atoms with Gasteiger partial charge in [0.1, 0.15) is 11.8 Å². The maximum absolute atomic E-state index is 8.96. The Labute approximate surface area is 106 Å². The molecule has 0 spiro atoms. The van der Waals surface area contributed by atoms with Crippen LogP contribution >= 0.6 is 0 Å². The molecule has 4 heteroatoms. The number of benzene rings is 1. The summed E-state index contributed by atoms with van der Waals surface area (Å²) in [6.07, 6.45) is 4.29. The topological polar surface area (TPSA) is 71.9 Å². The lowest BCUT2D eigenvalue weighted by Crippen LogP contribution is -2.03. The van der Waals surface area contributed by atoms with Crippen molar-refractivity contribution >= 4 is 5.69 Å².